The summed E-state index contributed by atoms with van der Waals surface area (Å²) >= 11 is 6.55. The molecule has 0 unspecified atom stereocenters. The van der Waals surface area contributed by atoms with E-state index in [1.54, 1.807) is 24.0 Å². The van der Waals surface area contributed by atoms with Crippen molar-refractivity contribution >= 4 is 39.0 Å². The molecular formula is C23H23ClN2O6S. The molecule has 2 fully saturated rings. The van der Waals surface area contributed by atoms with Gasteiger partial charge in [-0.05, 0) is 49.6 Å². The maximum atomic E-state index is 13.3. The number of anilines is 1. The first-order chi connectivity index (χ1) is 15.7. The van der Waals surface area contributed by atoms with Crippen LogP contribution in [0, 0.1) is 6.92 Å². The van der Waals surface area contributed by atoms with Gasteiger partial charge < -0.3 is 14.4 Å². The van der Waals surface area contributed by atoms with Crippen molar-refractivity contribution in [2.75, 3.05) is 31.6 Å². The first-order valence-electron chi connectivity index (χ1n) is 10.7. The summed E-state index contributed by atoms with van der Waals surface area (Å²) in [4.78, 5) is 28.6. The summed E-state index contributed by atoms with van der Waals surface area (Å²) in [5.41, 5.74) is 1.51. The second-order valence-corrected chi connectivity index (χ2v) is 11.0. The highest BCUT2D eigenvalue weighted by molar-refractivity contribution is 7.90. The van der Waals surface area contributed by atoms with E-state index in [0.717, 1.165) is 19.4 Å². The minimum Gasteiger partial charge on any atom is -0.465 e. The predicted octanol–water partition coefficient (Wildman–Crippen LogP) is 3.33. The number of rotatable bonds is 3. The molecule has 0 bridgehead atoms. The minimum atomic E-state index is -3.87. The fraction of sp³-hybridized carbons (Fsp3) is 0.391. The van der Waals surface area contributed by atoms with Crippen LogP contribution in [0.3, 0.4) is 0 Å². The summed E-state index contributed by atoms with van der Waals surface area (Å²) in [5.74, 6) is -0.681. The fourth-order valence-electron chi connectivity index (χ4n) is 4.45. The number of methoxy groups -OCH3 is 1. The molecule has 2 aromatic rings. The largest absolute Gasteiger partial charge is 0.465 e. The molecule has 2 heterocycles. The van der Waals surface area contributed by atoms with Crippen molar-refractivity contribution in [3.8, 4) is 11.5 Å². The average molecular weight is 491 g/mol. The van der Waals surface area contributed by atoms with Crippen LogP contribution in [-0.2, 0) is 25.1 Å². The summed E-state index contributed by atoms with van der Waals surface area (Å²) in [6.45, 7) is 3.28. The van der Waals surface area contributed by atoms with Crippen LogP contribution in [0.25, 0.3) is 0 Å². The molecule has 0 atom stereocenters. The maximum absolute atomic E-state index is 13.3. The number of carbonyl (C=O) groups is 2. The van der Waals surface area contributed by atoms with Crippen molar-refractivity contribution in [2.45, 2.75) is 36.5 Å². The van der Waals surface area contributed by atoms with Crippen LogP contribution >= 0.6 is 11.6 Å². The van der Waals surface area contributed by atoms with Gasteiger partial charge in [-0.25, -0.2) is 13.2 Å². The number of esters is 1. The van der Waals surface area contributed by atoms with Gasteiger partial charge >= 0.3 is 5.97 Å². The summed E-state index contributed by atoms with van der Waals surface area (Å²) in [6, 6.07) is 6.59. The summed E-state index contributed by atoms with van der Waals surface area (Å²) in [7, 11) is -2.64. The zero-order valence-corrected chi connectivity index (χ0v) is 19.8. The zero-order chi connectivity index (χ0) is 23.5. The molecule has 1 saturated carbocycles. The highest BCUT2D eigenvalue weighted by Gasteiger charge is 2.36. The number of sulfone groups is 1. The number of ether oxygens (including phenoxy) is 2. The number of carbonyl (C=O) groups excluding carboxylic acids is 2. The molecule has 174 valence electrons. The molecule has 0 radical (unpaired) electrons. The molecule has 2 aromatic carbocycles. The Morgan fingerprint density at radius 3 is 2.58 bits per heavy atom. The van der Waals surface area contributed by atoms with E-state index < -0.39 is 15.8 Å². The predicted molar refractivity (Wildman–Crippen MR) is 122 cm³/mol. The first kappa shape index (κ1) is 22.2. The van der Waals surface area contributed by atoms with Crippen LogP contribution in [-0.4, -0.2) is 58.0 Å². The van der Waals surface area contributed by atoms with Crippen molar-refractivity contribution in [3.63, 3.8) is 0 Å². The van der Waals surface area contributed by atoms with Gasteiger partial charge in [0.25, 0.3) is 0 Å². The molecule has 10 heteroatoms. The maximum Gasteiger partial charge on any atom is 0.337 e. The standard InChI is InChI=1S/C23H23ClN2O6S/c1-13-7-14(23(28)31-2)9-19-21(13)32-22-15(12-33(19,29)30)8-17(10-18(22)24)26-6-5-25(11-20(26)27)16-3-4-16/h7-10,16H,3-6,11-12H2,1-2H3. The van der Waals surface area contributed by atoms with E-state index in [4.69, 9.17) is 21.1 Å². The molecule has 1 saturated heterocycles. The van der Waals surface area contributed by atoms with E-state index in [2.05, 4.69) is 4.90 Å². The zero-order valence-electron chi connectivity index (χ0n) is 18.3. The van der Waals surface area contributed by atoms with E-state index in [9.17, 15) is 18.0 Å². The number of nitrogens with zero attached hydrogens (tertiary/aromatic N) is 2. The Hall–Kier alpha value is -2.62. The quantitative estimate of drug-likeness (QED) is 0.609. The van der Waals surface area contributed by atoms with E-state index in [0.29, 0.717) is 35.9 Å². The third-order valence-electron chi connectivity index (χ3n) is 6.28. The Bertz CT molecular complexity index is 1290. The second kappa shape index (κ2) is 8.00. The fourth-order valence-corrected chi connectivity index (χ4v) is 6.29. The normalized spacial score (nSPS) is 19.8. The van der Waals surface area contributed by atoms with Gasteiger partial charge in [-0.2, -0.15) is 0 Å². The lowest BCUT2D eigenvalue weighted by molar-refractivity contribution is -0.121. The van der Waals surface area contributed by atoms with Gasteiger partial charge in [0.15, 0.2) is 9.84 Å². The first-order valence-corrected chi connectivity index (χ1v) is 12.7. The lowest BCUT2D eigenvalue weighted by atomic mass is 10.1. The molecule has 0 spiro atoms. The van der Waals surface area contributed by atoms with E-state index in [-0.39, 0.29) is 38.6 Å². The number of hydrogen-bond acceptors (Lipinski definition) is 7. The Morgan fingerprint density at radius 1 is 1.15 bits per heavy atom. The SMILES string of the molecule is COC(=O)c1cc(C)c2c(c1)S(=O)(=O)Cc1cc(N3CCN(C4CC4)CC3=O)cc(Cl)c1O2. The highest BCUT2D eigenvalue weighted by Crippen LogP contribution is 2.45. The molecule has 0 N–H and O–H groups in total. The molecule has 3 aliphatic rings. The summed E-state index contributed by atoms with van der Waals surface area (Å²) in [6.07, 6.45) is 2.26. The third kappa shape index (κ3) is 3.98. The van der Waals surface area contributed by atoms with E-state index in [1.165, 1.54) is 19.2 Å². The van der Waals surface area contributed by atoms with Crippen LogP contribution in [0.5, 0.6) is 11.5 Å². The smallest absolute Gasteiger partial charge is 0.337 e. The monoisotopic (exact) mass is 490 g/mol. The van der Waals surface area contributed by atoms with Crippen LogP contribution in [0.15, 0.2) is 29.2 Å². The number of piperazine rings is 1. The van der Waals surface area contributed by atoms with Gasteiger partial charge in [-0.3, -0.25) is 9.69 Å². The van der Waals surface area contributed by atoms with Crippen molar-refractivity contribution in [1.82, 2.24) is 4.90 Å². The van der Waals surface area contributed by atoms with Crippen LogP contribution in [0.2, 0.25) is 5.02 Å². The highest BCUT2D eigenvalue weighted by atomic mass is 35.5. The summed E-state index contributed by atoms with van der Waals surface area (Å²) in [5, 5.41) is 0.222. The van der Waals surface area contributed by atoms with Gasteiger partial charge in [0, 0.05) is 30.4 Å². The Kier molecular flexibility index (Phi) is 5.38. The molecular weight excluding hydrogens is 468 g/mol. The van der Waals surface area contributed by atoms with Crippen LogP contribution < -0.4 is 9.64 Å². The minimum absolute atomic E-state index is 0.0385. The second-order valence-electron chi connectivity index (χ2n) is 8.64. The number of hydrogen-bond donors (Lipinski definition) is 0. The molecule has 8 nitrogen and oxygen atoms in total. The molecule has 0 aromatic heterocycles. The molecule has 2 aliphatic heterocycles. The van der Waals surface area contributed by atoms with E-state index >= 15 is 0 Å². The molecule has 1 amide bonds. The summed E-state index contributed by atoms with van der Waals surface area (Å²) < 4.78 is 37.4. The van der Waals surface area contributed by atoms with Crippen molar-refractivity contribution < 1.29 is 27.5 Å². The number of fused-ring (bicyclic) bond motifs is 2. The number of benzene rings is 2. The van der Waals surface area contributed by atoms with Crippen molar-refractivity contribution in [1.29, 1.82) is 0 Å². The van der Waals surface area contributed by atoms with Crippen LogP contribution in [0.4, 0.5) is 5.69 Å². The molecule has 1 aliphatic carbocycles. The van der Waals surface area contributed by atoms with Gasteiger partial charge in [0.05, 0.1) is 30.0 Å². The molecule has 33 heavy (non-hydrogen) atoms. The topological polar surface area (TPSA) is 93.2 Å². The van der Waals surface area contributed by atoms with Gasteiger partial charge in [-0.15, -0.1) is 0 Å². The lowest BCUT2D eigenvalue weighted by Gasteiger charge is -2.34. The Balaban J connectivity index is 1.53. The average Bonchev–Trinajstić information content (AvgIpc) is 3.61. The van der Waals surface area contributed by atoms with Crippen molar-refractivity contribution in [3.05, 3.63) is 46.0 Å². The van der Waals surface area contributed by atoms with Crippen LogP contribution in [0.1, 0.15) is 34.3 Å². The Labute approximate surface area is 196 Å². The molecule has 5 rings (SSSR count). The van der Waals surface area contributed by atoms with Gasteiger partial charge in [0.1, 0.15) is 16.4 Å². The van der Waals surface area contributed by atoms with Gasteiger partial charge in [0.2, 0.25) is 5.91 Å². The van der Waals surface area contributed by atoms with Crippen molar-refractivity contribution in [2.24, 2.45) is 0 Å². The van der Waals surface area contributed by atoms with E-state index in [1.807, 2.05) is 0 Å². The lowest BCUT2D eigenvalue weighted by Crippen LogP contribution is -2.51. The number of amides is 1. The number of halogens is 1. The number of aryl methyl sites for hydroxylation is 1. The van der Waals surface area contributed by atoms with Gasteiger partial charge in [-0.1, -0.05) is 11.6 Å². The third-order valence-corrected chi connectivity index (χ3v) is 8.22. The Morgan fingerprint density at radius 2 is 1.91 bits per heavy atom.